The maximum atomic E-state index is 12.4. The zero-order valence-electron chi connectivity index (χ0n) is 11.5. The van der Waals surface area contributed by atoms with Gasteiger partial charge in [0.05, 0.1) is 5.41 Å². The van der Waals surface area contributed by atoms with Crippen molar-refractivity contribution in [3.05, 3.63) is 35.9 Å². The van der Waals surface area contributed by atoms with E-state index in [0.717, 1.165) is 18.4 Å². The predicted octanol–water partition coefficient (Wildman–Crippen LogP) is 1.32. The number of carboxylic acids is 1. The summed E-state index contributed by atoms with van der Waals surface area (Å²) in [6, 6.07) is 8.61. The number of benzene rings is 1. The van der Waals surface area contributed by atoms with Crippen LogP contribution >= 0.6 is 0 Å². The Hall–Kier alpha value is -1.88. The fraction of sp³-hybridized carbons (Fsp3) is 0.467. The normalized spacial score (nSPS) is 17.2. The second-order valence-electron chi connectivity index (χ2n) is 5.09. The van der Waals surface area contributed by atoms with E-state index < -0.39 is 17.4 Å². The van der Waals surface area contributed by atoms with Crippen molar-refractivity contribution in [3.8, 4) is 0 Å². The van der Waals surface area contributed by atoms with Gasteiger partial charge >= 0.3 is 5.97 Å². The summed E-state index contributed by atoms with van der Waals surface area (Å²) in [5, 5.41) is 11.8. The number of nitrogens with one attached hydrogen (secondary N) is 1. The van der Waals surface area contributed by atoms with Gasteiger partial charge in [0.25, 0.3) is 0 Å². The molecule has 2 N–H and O–H groups in total. The van der Waals surface area contributed by atoms with Crippen LogP contribution in [0, 0.1) is 0 Å². The molecule has 0 aromatic heterocycles. The lowest BCUT2D eigenvalue weighted by Crippen LogP contribution is -2.46. The average Bonchev–Trinajstić information content (AvgIpc) is 3.25. The Morgan fingerprint density at radius 3 is 2.50 bits per heavy atom. The Labute approximate surface area is 117 Å². The highest BCUT2D eigenvalue weighted by Crippen LogP contribution is 2.48. The molecule has 1 fully saturated rings. The maximum Gasteiger partial charge on any atom is 0.326 e. The van der Waals surface area contributed by atoms with Crippen LogP contribution in [0.2, 0.25) is 0 Å². The summed E-state index contributed by atoms with van der Waals surface area (Å²) in [6.45, 7) is 0.301. The monoisotopic (exact) mass is 277 g/mol. The molecule has 0 radical (unpaired) electrons. The molecular formula is C15H19NO4. The number of methoxy groups -OCH3 is 1. The molecule has 1 aliphatic carbocycles. The van der Waals surface area contributed by atoms with Crippen LogP contribution in [-0.2, 0) is 19.7 Å². The van der Waals surface area contributed by atoms with Crippen LogP contribution < -0.4 is 5.32 Å². The summed E-state index contributed by atoms with van der Waals surface area (Å²) in [5.41, 5.74) is 0.413. The molecule has 1 aromatic carbocycles. The van der Waals surface area contributed by atoms with Crippen molar-refractivity contribution in [1.29, 1.82) is 0 Å². The number of carboxylic acid groups (broad SMARTS) is 1. The highest BCUT2D eigenvalue weighted by Gasteiger charge is 2.51. The Morgan fingerprint density at radius 1 is 1.35 bits per heavy atom. The second-order valence-corrected chi connectivity index (χ2v) is 5.09. The van der Waals surface area contributed by atoms with Crippen molar-refractivity contribution in [2.45, 2.75) is 30.7 Å². The zero-order chi connectivity index (χ0) is 14.6. The maximum absolute atomic E-state index is 12.4. The molecule has 0 spiro atoms. The lowest BCUT2D eigenvalue weighted by atomic mass is 9.94. The summed E-state index contributed by atoms with van der Waals surface area (Å²) in [4.78, 5) is 23.5. The Morgan fingerprint density at radius 2 is 2.00 bits per heavy atom. The molecule has 1 amide bonds. The Kier molecular flexibility index (Phi) is 4.39. The SMILES string of the molecule is COCCC(NC(=O)C1(c2ccccc2)CC1)C(=O)O. The highest BCUT2D eigenvalue weighted by molar-refractivity contribution is 5.93. The first-order chi connectivity index (χ1) is 9.60. The minimum atomic E-state index is -1.03. The number of ether oxygens (including phenoxy) is 1. The molecule has 20 heavy (non-hydrogen) atoms. The molecule has 0 saturated heterocycles. The van der Waals surface area contributed by atoms with Gasteiger partial charge in [0.2, 0.25) is 5.91 Å². The van der Waals surface area contributed by atoms with Crippen LogP contribution in [0.25, 0.3) is 0 Å². The van der Waals surface area contributed by atoms with E-state index in [1.807, 2.05) is 30.3 Å². The lowest BCUT2D eigenvalue weighted by molar-refractivity contribution is -0.142. The van der Waals surface area contributed by atoms with E-state index in [4.69, 9.17) is 9.84 Å². The van der Waals surface area contributed by atoms with Gasteiger partial charge in [-0.2, -0.15) is 0 Å². The van der Waals surface area contributed by atoms with Gasteiger partial charge in [-0.3, -0.25) is 4.79 Å². The fourth-order valence-corrected chi connectivity index (χ4v) is 2.32. The van der Waals surface area contributed by atoms with Crippen LogP contribution in [0.1, 0.15) is 24.8 Å². The summed E-state index contributed by atoms with van der Waals surface area (Å²) < 4.78 is 4.88. The van der Waals surface area contributed by atoms with Crippen LogP contribution in [0.5, 0.6) is 0 Å². The third kappa shape index (κ3) is 2.99. The summed E-state index contributed by atoms with van der Waals surface area (Å²) in [5.74, 6) is -1.23. The number of rotatable bonds is 7. The first kappa shape index (κ1) is 14.5. The molecule has 5 nitrogen and oxygen atoms in total. The minimum absolute atomic E-state index is 0.202. The fourth-order valence-electron chi connectivity index (χ4n) is 2.32. The van der Waals surface area contributed by atoms with Crippen LogP contribution in [0.3, 0.4) is 0 Å². The zero-order valence-corrected chi connectivity index (χ0v) is 11.5. The minimum Gasteiger partial charge on any atom is -0.480 e. The van der Waals surface area contributed by atoms with Gasteiger partial charge in [0, 0.05) is 20.1 Å². The van der Waals surface area contributed by atoms with Crippen molar-refractivity contribution in [2.75, 3.05) is 13.7 Å². The topological polar surface area (TPSA) is 75.6 Å². The molecule has 1 aromatic rings. The average molecular weight is 277 g/mol. The van der Waals surface area contributed by atoms with Gasteiger partial charge in [-0.05, 0) is 18.4 Å². The molecule has 1 aliphatic rings. The van der Waals surface area contributed by atoms with Crippen molar-refractivity contribution >= 4 is 11.9 Å². The first-order valence-corrected chi connectivity index (χ1v) is 6.68. The number of amides is 1. The third-order valence-electron chi connectivity index (χ3n) is 3.73. The van der Waals surface area contributed by atoms with Gasteiger partial charge in [-0.25, -0.2) is 4.79 Å². The van der Waals surface area contributed by atoms with Crippen molar-refractivity contribution < 1.29 is 19.4 Å². The van der Waals surface area contributed by atoms with Crippen LogP contribution in [-0.4, -0.2) is 36.7 Å². The van der Waals surface area contributed by atoms with Crippen molar-refractivity contribution in [2.24, 2.45) is 0 Å². The van der Waals surface area contributed by atoms with Gasteiger partial charge < -0.3 is 15.2 Å². The molecule has 0 bridgehead atoms. The van der Waals surface area contributed by atoms with Crippen LogP contribution in [0.15, 0.2) is 30.3 Å². The first-order valence-electron chi connectivity index (χ1n) is 6.68. The second kappa shape index (κ2) is 6.05. The number of carbonyl (C=O) groups excluding carboxylic acids is 1. The summed E-state index contributed by atoms with van der Waals surface area (Å²) in [7, 11) is 1.51. The van der Waals surface area contributed by atoms with E-state index in [-0.39, 0.29) is 12.3 Å². The van der Waals surface area contributed by atoms with E-state index in [1.165, 1.54) is 7.11 Å². The smallest absolute Gasteiger partial charge is 0.326 e. The summed E-state index contributed by atoms with van der Waals surface area (Å²) >= 11 is 0. The van der Waals surface area contributed by atoms with E-state index in [9.17, 15) is 9.59 Å². The molecule has 0 heterocycles. The predicted molar refractivity (Wildman–Crippen MR) is 73.4 cm³/mol. The number of hydrogen-bond acceptors (Lipinski definition) is 3. The quantitative estimate of drug-likeness (QED) is 0.788. The molecule has 2 rings (SSSR count). The van der Waals surface area contributed by atoms with Gasteiger partial charge in [0.15, 0.2) is 0 Å². The molecule has 0 aliphatic heterocycles. The highest BCUT2D eigenvalue weighted by atomic mass is 16.5. The van der Waals surface area contributed by atoms with Gasteiger partial charge in [-0.1, -0.05) is 30.3 Å². The Balaban J connectivity index is 2.05. The lowest BCUT2D eigenvalue weighted by Gasteiger charge is -2.20. The molecule has 1 saturated carbocycles. The van der Waals surface area contributed by atoms with E-state index in [2.05, 4.69) is 5.32 Å². The molecular weight excluding hydrogens is 258 g/mol. The number of carbonyl (C=O) groups is 2. The van der Waals surface area contributed by atoms with Crippen molar-refractivity contribution in [1.82, 2.24) is 5.32 Å². The van der Waals surface area contributed by atoms with Gasteiger partial charge in [-0.15, -0.1) is 0 Å². The molecule has 1 atom stereocenters. The number of aliphatic carboxylic acids is 1. The largest absolute Gasteiger partial charge is 0.480 e. The molecule has 5 heteroatoms. The standard InChI is InChI=1S/C15H19NO4/c1-20-10-7-12(13(17)18)16-14(19)15(8-9-15)11-5-3-2-4-6-11/h2-6,12H,7-10H2,1H3,(H,16,19)(H,17,18). The van der Waals surface area contributed by atoms with E-state index >= 15 is 0 Å². The van der Waals surface area contributed by atoms with Crippen LogP contribution in [0.4, 0.5) is 0 Å². The molecule has 108 valence electrons. The molecule has 1 unspecified atom stereocenters. The third-order valence-corrected chi connectivity index (χ3v) is 3.73. The van der Waals surface area contributed by atoms with Crippen molar-refractivity contribution in [3.63, 3.8) is 0 Å². The number of hydrogen-bond donors (Lipinski definition) is 2. The van der Waals surface area contributed by atoms with E-state index in [0.29, 0.717) is 6.61 Å². The Bertz CT molecular complexity index is 482. The van der Waals surface area contributed by atoms with E-state index in [1.54, 1.807) is 0 Å². The van der Waals surface area contributed by atoms with Gasteiger partial charge in [0.1, 0.15) is 6.04 Å². The summed E-state index contributed by atoms with van der Waals surface area (Å²) in [6.07, 6.45) is 1.79.